The van der Waals surface area contributed by atoms with Crippen LogP contribution in [0.1, 0.15) is 38.7 Å². The van der Waals surface area contributed by atoms with Crippen molar-refractivity contribution >= 4 is 5.69 Å². The fourth-order valence-electron chi connectivity index (χ4n) is 2.34. The van der Waals surface area contributed by atoms with E-state index in [2.05, 4.69) is 48.3 Å². The van der Waals surface area contributed by atoms with E-state index in [1.165, 1.54) is 43.6 Å². The Morgan fingerprint density at radius 3 is 2.65 bits per heavy atom. The summed E-state index contributed by atoms with van der Waals surface area (Å²) in [5.41, 5.74) is 2.79. The molecule has 0 bridgehead atoms. The van der Waals surface area contributed by atoms with E-state index in [0.717, 1.165) is 6.54 Å². The first-order chi connectivity index (χ1) is 8.25. The Balaban J connectivity index is 2.00. The summed E-state index contributed by atoms with van der Waals surface area (Å²) in [4.78, 5) is 2.52. The Morgan fingerprint density at radius 1 is 1.18 bits per heavy atom. The fourth-order valence-corrected chi connectivity index (χ4v) is 2.34. The van der Waals surface area contributed by atoms with E-state index >= 15 is 0 Å². The molecule has 0 atom stereocenters. The molecule has 2 heteroatoms. The van der Waals surface area contributed by atoms with Crippen LogP contribution in [0.15, 0.2) is 24.3 Å². The predicted octanol–water partition coefficient (Wildman–Crippen LogP) is 3.17. The molecule has 94 valence electrons. The lowest BCUT2D eigenvalue weighted by atomic mass is 10.1. The molecule has 0 spiro atoms. The molecule has 1 saturated heterocycles. The van der Waals surface area contributed by atoms with E-state index in [1.807, 2.05) is 0 Å². The Labute approximate surface area is 105 Å². The lowest BCUT2D eigenvalue weighted by Gasteiger charge is -2.29. The third-order valence-corrected chi connectivity index (χ3v) is 3.35. The summed E-state index contributed by atoms with van der Waals surface area (Å²) in [5, 5.41) is 3.47. The van der Waals surface area contributed by atoms with Gasteiger partial charge in [0.2, 0.25) is 0 Å². The van der Waals surface area contributed by atoms with Crippen LogP contribution in [0.4, 0.5) is 5.69 Å². The van der Waals surface area contributed by atoms with E-state index in [-0.39, 0.29) is 0 Å². The minimum atomic E-state index is 0.550. The summed E-state index contributed by atoms with van der Waals surface area (Å²) < 4.78 is 0. The van der Waals surface area contributed by atoms with Crippen molar-refractivity contribution in [1.29, 1.82) is 0 Å². The second kappa shape index (κ2) is 6.06. The molecule has 1 aromatic carbocycles. The van der Waals surface area contributed by atoms with Crippen molar-refractivity contribution in [2.45, 2.75) is 45.7 Å². The average molecular weight is 232 g/mol. The van der Waals surface area contributed by atoms with E-state index < -0.39 is 0 Å². The van der Waals surface area contributed by atoms with Gasteiger partial charge in [-0.3, -0.25) is 0 Å². The van der Waals surface area contributed by atoms with E-state index in [9.17, 15) is 0 Å². The molecular formula is C15H24N2. The second-order valence-electron chi connectivity index (χ2n) is 5.25. The first-order valence-electron chi connectivity index (χ1n) is 6.83. The van der Waals surface area contributed by atoms with Gasteiger partial charge in [-0.25, -0.2) is 0 Å². The molecule has 1 heterocycles. The number of hydrogen-bond acceptors (Lipinski definition) is 2. The Bertz CT molecular complexity index is 341. The maximum Gasteiger partial charge on any atom is 0.0369 e. The highest BCUT2D eigenvalue weighted by Gasteiger charge is 2.10. The molecule has 1 N–H and O–H groups in total. The summed E-state index contributed by atoms with van der Waals surface area (Å²) in [6.07, 6.45) is 4.08. The molecule has 0 amide bonds. The van der Waals surface area contributed by atoms with Crippen LogP contribution in [0.25, 0.3) is 0 Å². The average Bonchev–Trinajstić information content (AvgIpc) is 2.38. The topological polar surface area (TPSA) is 15.3 Å². The van der Waals surface area contributed by atoms with Gasteiger partial charge >= 0.3 is 0 Å². The molecule has 0 saturated carbocycles. The van der Waals surface area contributed by atoms with E-state index in [1.54, 1.807) is 0 Å². The number of hydrogen-bond donors (Lipinski definition) is 1. The maximum absolute atomic E-state index is 3.47. The predicted molar refractivity (Wildman–Crippen MR) is 74.5 cm³/mol. The number of benzene rings is 1. The molecule has 0 radical (unpaired) electrons. The smallest absolute Gasteiger partial charge is 0.0369 e. The summed E-state index contributed by atoms with van der Waals surface area (Å²) >= 11 is 0. The zero-order valence-corrected chi connectivity index (χ0v) is 11.1. The molecule has 2 rings (SSSR count). The van der Waals surface area contributed by atoms with Gasteiger partial charge in [0.25, 0.3) is 0 Å². The van der Waals surface area contributed by atoms with Gasteiger partial charge in [-0.2, -0.15) is 0 Å². The minimum absolute atomic E-state index is 0.550. The quantitative estimate of drug-likeness (QED) is 0.857. The minimum Gasteiger partial charge on any atom is -0.372 e. The summed E-state index contributed by atoms with van der Waals surface area (Å²) in [6, 6.07) is 9.52. The van der Waals surface area contributed by atoms with Crippen molar-refractivity contribution in [3.8, 4) is 0 Å². The zero-order valence-electron chi connectivity index (χ0n) is 11.1. The third-order valence-electron chi connectivity index (χ3n) is 3.35. The summed E-state index contributed by atoms with van der Waals surface area (Å²) in [6.45, 7) is 7.80. The highest BCUT2D eigenvalue weighted by Crippen LogP contribution is 2.20. The molecule has 17 heavy (non-hydrogen) atoms. The van der Waals surface area contributed by atoms with Gasteiger partial charge < -0.3 is 10.2 Å². The van der Waals surface area contributed by atoms with Crippen molar-refractivity contribution in [2.24, 2.45) is 0 Å². The molecule has 2 nitrogen and oxygen atoms in total. The van der Waals surface area contributed by atoms with Crippen molar-refractivity contribution in [3.63, 3.8) is 0 Å². The lowest BCUT2D eigenvalue weighted by Crippen LogP contribution is -2.29. The van der Waals surface area contributed by atoms with Crippen molar-refractivity contribution in [3.05, 3.63) is 29.8 Å². The summed E-state index contributed by atoms with van der Waals surface area (Å²) in [7, 11) is 0. The third kappa shape index (κ3) is 3.74. The van der Waals surface area contributed by atoms with Gasteiger partial charge in [-0.1, -0.05) is 26.0 Å². The van der Waals surface area contributed by atoms with Gasteiger partial charge in [0.05, 0.1) is 0 Å². The molecule has 0 unspecified atom stereocenters. The van der Waals surface area contributed by atoms with Gasteiger partial charge in [-0.05, 0) is 37.0 Å². The van der Waals surface area contributed by atoms with Gasteiger partial charge in [0.15, 0.2) is 0 Å². The van der Waals surface area contributed by atoms with Crippen molar-refractivity contribution in [1.82, 2.24) is 5.32 Å². The molecule has 1 aromatic rings. The van der Waals surface area contributed by atoms with Crippen LogP contribution in [0, 0.1) is 0 Å². The SMILES string of the molecule is CC(C)NCc1cccc(N2CCCCC2)c1. The molecular weight excluding hydrogens is 208 g/mol. The Hall–Kier alpha value is -1.02. The standard InChI is InChI=1S/C15H24N2/c1-13(2)16-12-14-7-6-8-15(11-14)17-9-4-3-5-10-17/h6-8,11,13,16H,3-5,9-10,12H2,1-2H3. The first-order valence-corrected chi connectivity index (χ1v) is 6.83. The largest absolute Gasteiger partial charge is 0.372 e. The number of rotatable bonds is 4. The van der Waals surface area contributed by atoms with Crippen LogP contribution < -0.4 is 10.2 Å². The molecule has 0 aliphatic carbocycles. The molecule has 1 aliphatic rings. The van der Waals surface area contributed by atoms with Crippen LogP contribution in [0.3, 0.4) is 0 Å². The van der Waals surface area contributed by atoms with Crippen LogP contribution >= 0.6 is 0 Å². The van der Waals surface area contributed by atoms with Crippen molar-refractivity contribution in [2.75, 3.05) is 18.0 Å². The van der Waals surface area contributed by atoms with Crippen LogP contribution in [-0.2, 0) is 6.54 Å². The van der Waals surface area contributed by atoms with Crippen LogP contribution in [0.5, 0.6) is 0 Å². The lowest BCUT2D eigenvalue weighted by molar-refractivity contribution is 0.575. The summed E-state index contributed by atoms with van der Waals surface area (Å²) in [5.74, 6) is 0. The van der Waals surface area contributed by atoms with Crippen molar-refractivity contribution < 1.29 is 0 Å². The van der Waals surface area contributed by atoms with Crippen LogP contribution in [-0.4, -0.2) is 19.1 Å². The van der Waals surface area contributed by atoms with E-state index in [0.29, 0.717) is 6.04 Å². The Kier molecular flexibility index (Phi) is 4.43. The highest BCUT2D eigenvalue weighted by molar-refractivity contribution is 5.48. The molecule has 0 aromatic heterocycles. The number of piperidine rings is 1. The second-order valence-corrected chi connectivity index (χ2v) is 5.25. The monoisotopic (exact) mass is 232 g/mol. The van der Waals surface area contributed by atoms with Crippen LogP contribution in [0.2, 0.25) is 0 Å². The molecule has 1 aliphatic heterocycles. The van der Waals surface area contributed by atoms with E-state index in [4.69, 9.17) is 0 Å². The van der Waals surface area contributed by atoms with Gasteiger partial charge in [0.1, 0.15) is 0 Å². The fraction of sp³-hybridized carbons (Fsp3) is 0.600. The zero-order chi connectivity index (χ0) is 12.1. The highest BCUT2D eigenvalue weighted by atomic mass is 15.1. The number of nitrogens with one attached hydrogen (secondary N) is 1. The van der Waals surface area contributed by atoms with Gasteiger partial charge in [-0.15, -0.1) is 0 Å². The normalized spacial score (nSPS) is 16.5. The number of anilines is 1. The first kappa shape index (κ1) is 12.4. The Morgan fingerprint density at radius 2 is 1.94 bits per heavy atom. The van der Waals surface area contributed by atoms with Gasteiger partial charge in [0, 0.05) is 31.4 Å². The maximum atomic E-state index is 3.47. The molecule has 1 fully saturated rings. The number of nitrogens with zero attached hydrogens (tertiary/aromatic N) is 1.